The molecule has 19 heavy (non-hydrogen) atoms. The van der Waals surface area contributed by atoms with Crippen LogP contribution < -0.4 is 5.73 Å². The van der Waals surface area contributed by atoms with Crippen LogP contribution in [0.2, 0.25) is 0 Å². The van der Waals surface area contributed by atoms with Gasteiger partial charge in [-0.15, -0.1) is 0 Å². The number of hydrogen-bond acceptors (Lipinski definition) is 5. The van der Waals surface area contributed by atoms with Crippen molar-refractivity contribution in [2.75, 3.05) is 18.6 Å². The lowest BCUT2D eigenvalue weighted by atomic mass is 9.97. The first-order valence-electron chi connectivity index (χ1n) is 6.64. The first-order valence-corrected chi connectivity index (χ1v) is 9.41. The molecule has 1 fully saturated rings. The highest BCUT2D eigenvalue weighted by Crippen LogP contribution is 2.30. The van der Waals surface area contributed by atoms with Crippen molar-refractivity contribution in [1.29, 1.82) is 0 Å². The van der Waals surface area contributed by atoms with E-state index in [-0.39, 0.29) is 23.9 Å². The average molecular weight is 302 g/mol. The molecule has 1 saturated heterocycles. The van der Waals surface area contributed by atoms with Crippen molar-refractivity contribution in [1.82, 2.24) is 4.90 Å². The van der Waals surface area contributed by atoms with Crippen molar-refractivity contribution in [2.24, 2.45) is 5.73 Å². The summed E-state index contributed by atoms with van der Waals surface area (Å²) in [4.78, 5) is 2.17. The normalized spacial score (nSPS) is 25.6. The Morgan fingerprint density at radius 1 is 1.58 bits per heavy atom. The molecule has 0 amide bonds. The van der Waals surface area contributed by atoms with Crippen molar-refractivity contribution < 1.29 is 8.42 Å². The molecule has 3 atom stereocenters. The summed E-state index contributed by atoms with van der Waals surface area (Å²) < 4.78 is 23.3. The highest BCUT2D eigenvalue weighted by molar-refractivity contribution is 7.91. The van der Waals surface area contributed by atoms with E-state index in [1.54, 1.807) is 11.3 Å². The van der Waals surface area contributed by atoms with Crippen LogP contribution in [-0.2, 0) is 9.84 Å². The number of nitrogens with two attached hydrogens (primary N) is 1. The summed E-state index contributed by atoms with van der Waals surface area (Å²) in [6.45, 7) is 2.07. The van der Waals surface area contributed by atoms with Crippen LogP contribution in [0.3, 0.4) is 0 Å². The molecular formula is C13H22N2O2S2. The molecule has 1 aliphatic heterocycles. The van der Waals surface area contributed by atoms with Crippen LogP contribution in [0.15, 0.2) is 16.8 Å². The van der Waals surface area contributed by atoms with Gasteiger partial charge in [-0.2, -0.15) is 11.3 Å². The fraction of sp³-hybridized carbons (Fsp3) is 0.692. The van der Waals surface area contributed by atoms with Crippen molar-refractivity contribution in [3.63, 3.8) is 0 Å². The average Bonchev–Trinajstić information content (AvgIpc) is 2.98. The Balaban J connectivity index is 2.19. The molecule has 1 aliphatic rings. The summed E-state index contributed by atoms with van der Waals surface area (Å²) in [5, 5.41) is 4.16. The molecular weight excluding hydrogens is 280 g/mol. The third-order valence-corrected chi connectivity index (χ3v) is 6.44. The number of sulfone groups is 1. The van der Waals surface area contributed by atoms with Crippen LogP contribution in [-0.4, -0.2) is 44.0 Å². The van der Waals surface area contributed by atoms with E-state index in [9.17, 15) is 8.42 Å². The second-order valence-electron chi connectivity index (χ2n) is 5.30. The van der Waals surface area contributed by atoms with Crippen molar-refractivity contribution in [2.45, 2.75) is 37.9 Å². The fourth-order valence-electron chi connectivity index (χ4n) is 2.77. The molecule has 2 rings (SSSR count). The molecule has 0 aliphatic carbocycles. The van der Waals surface area contributed by atoms with E-state index in [4.69, 9.17) is 5.73 Å². The van der Waals surface area contributed by atoms with Gasteiger partial charge >= 0.3 is 0 Å². The van der Waals surface area contributed by atoms with Gasteiger partial charge < -0.3 is 5.73 Å². The SMILES string of the molecule is CCC(N)C(c1ccsc1)N(C)C1CCS(=O)(=O)C1. The van der Waals surface area contributed by atoms with Gasteiger partial charge in [0.1, 0.15) is 0 Å². The number of hydrogen-bond donors (Lipinski definition) is 1. The van der Waals surface area contributed by atoms with E-state index >= 15 is 0 Å². The number of likely N-dealkylation sites (N-methyl/N-ethyl adjacent to an activating group) is 1. The first-order chi connectivity index (χ1) is 8.94. The standard InChI is InChI=1S/C13H22N2O2S2/c1-3-12(14)13(10-4-6-18-8-10)15(2)11-5-7-19(16,17)9-11/h4,6,8,11-13H,3,5,7,9,14H2,1-2H3. The molecule has 4 nitrogen and oxygen atoms in total. The highest BCUT2D eigenvalue weighted by atomic mass is 32.2. The maximum absolute atomic E-state index is 11.6. The maximum atomic E-state index is 11.6. The Labute approximate surface area is 119 Å². The molecule has 2 heterocycles. The summed E-state index contributed by atoms with van der Waals surface area (Å²) in [6, 6.07) is 2.31. The molecule has 0 saturated carbocycles. The summed E-state index contributed by atoms with van der Waals surface area (Å²) in [7, 11) is -0.852. The van der Waals surface area contributed by atoms with Crippen LogP contribution in [0.1, 0.15) is 31.4 Å². The molecule has 6 heteroatoms. The Hall–Kier alpha value is -0.430. The minimum absolute atomic E-state index is 0.0305. The zero-order valence-electron chi connectivity index (χ0n) is 11.5. The van der Waals surface area contributed by atoms with Gasteiger partial charge in [-0.25, -0.2) is 8.42 Å². The Morgan fingerprint density at radius 3 is 2.79 bits per heavy atom. The molecule has 108 valence electrons. The molecule has 0 radical (unpaired) electrons. The molecule has 0 aromatic carbocycles. The first kappa shape index (κ1) is 15.0. The van der Waals surface area contributed by atoms with Crippen molar-refractivity contribution in [3.8, 4) is 0 Å². The Morgan fingerprint density at radius 2 is 2.32 bits per heavy atom. The zero-order valence-corrected chi connectivity index (χ0v) is 13.1. The van der Waals surface area contributed by atoms with E-state index in [0.717, 1.165) is 12.8 Å². The van der Waals surface area contributed by atoms with E-state index < -0.39 is 9.84 Å². The van der Waals surface area contributed by atoms with Crippen LogP contribution in [0.4, 0.5) is 0 Å². The second kappa shape index (κ2) is 5.91. The summed E-state index contributed by atoms with van der Waals surface area (Å²) in [6.07, 6.45) is 1.60. The molecule has 0 bridgehead atoms. The van der Waals surface area contributed by atoms with Gasteiger partial charge in [0, 0.05) is 12.1 Å². The fourth-order valence-corrected chi connectivity index (χ4v) is 5.25. The lowest BCUT2D eigenvalue weighted by molar-refractivity contribution is 0.161. The Bertz CT molecular complexity index is 499. The summed E-state index contributed by atoms with van der Waals surface area (Å²) >= 11 is 1.66. The minimum atomic E-state index is -2.86. The maximum Gasteiger partial charge on any atom is 0.151 e. The van der Waals surface area contributed by atoms with E-state index in [1.807, 2.05) is 12.4 Å². The summed E-state index contributed by atoms with van der Waals surface area (Å²) in [5.74, 6) is 0.570. The molecule has 0 spiro atoms. The Kier molecular flexibility index (Phi) is 4.66. The number of thiophene rings is 1. The third-order valence-electron chi connectivity index (χ3n) is 3.98. The smallest absolute Gasteiger partial charge is 0.151 e. The topological polar surface area (TPSA) is 63.4 Å². The van der Waals surface area contributed by atoms with E-state index in [1.165, 1.54) is 5.56 Å². The predicted octanol–water partition coefficient (Wildman–Crippen LogP) is 1.65. The minimum Gasteiger partial charge on any atom is -0.326 e. The molecule has 3 unspecified atom stereocenters. The van der Waals surface area contributed by atoms with E-state index in [2.05, 4.69) is 23.3 Å². The van der Waals surface area contributed by atoms with Gasteiger partial charge in [0.05, 0.1) is 17.5 Å². The van der Waals surface area contributed by atoms with Gasteiger partial charge in [0.25, 0.3) is 0 Å². The van der Waals surface area contributed by atoms with Crippen molar-refractivity contribution in [3.05, 3.63) is 22.4 Å². The van der Waals surface area contributed by atoms with Gasteiger partial charge in [-0.3, -0.25) is 4.90 Å². The monoisotopic (exact) mass is 302 g/mol. The van der Waals surface area contributed by atoms with Gasteiger partial charge in [-0.1, -0.05) is 6.92 Å². The van der Waals surface area contributed by atoms with Crippen LogP contribution >= 0.6 is 11.3 Å². The highest BCUT2D eigenvalue weighted by Gasteiger charge is 2.35. The lowest BCUT2D eigenvalue weighted by Gasteiger charge is -2.35. The second-order valence-corrected chi connectivity index (χ2v) is 8.30. The number of rotatable bonds is 5. The quantitative estimate of drug-likeness (QED) is 0.898. The van der Waals surface area contributed by atoms with Gasteiger partial charge in [-0.05, 0) is 42.3 Å². The molecule has 1 aromatic rings. The van der Waals surface area contributed by atoms with Crippen LogP contribution in [0.25, 0.3) is 0 Å². The number of nitrogens with zero attached hydrogens (tertiary/aromatic N) is 1. The zero-order chi connectivity index (χ0) is 14.0. The predicted molar refractivity (Wildman–Crippen MR) is 80.1 cm³/mol. The van der Waals surface area contributed by atoms with Crippen LogP contribution in [0.5, 0.6) is 0 Å². The molecule has 2 N–H and O–H groups in total. The lowest BCUT2D eigenvalue weighted by Crippen LogP contribution is -2.44. The third kappa shape index (κ3) is 3.37. The van der Waals surface area contributed by atoms with Crippen LogP contribution in [0, 0.1) is 0 Å². The molecule has 1 aromatic heterocycles. The van der Waals surface area contributed by atoms with Crippen molar-refractivity contribution >= 4 is 21.2 Å². The van der Waals surface area contributed by atoms with Gasteiger partial charge in [0.2, 0.25) is 0 Å². The largest absolute Gasteiger partial charge is 0.326 e. The summed E-state index contributed by atoms with van der Waals surface area (Å²) in [5.41, 5.74) is 7.46. The van der Waals surface area contributed by atoms with Gasteiger partial charge in [0.15, 0.2) is 9.84 Å². The van der Waals surface area contributed by atoms with E-state index in [0.29, 0.717) is 5.75 Å².